The van der Waals surface area contributed by atoms with Crippen molar-refractivity contribution in [2.24, 2.45) is 0 Å². The van der Waals surface area contributed by atoms with Crippen LogP contribution >= 0.6 is 0 Å². The van der Waals surface area contributed by atoms with Crippen LogP contribution in [0.3, 0.4) is 0 Å². The zero-order chi connectivity index (χ0) is 39.9. The first-order valence-electron chi connectivity index (χ1n) is 22.3. The molecule has 0 aliphatic heterocycles. The smallest absolute Gasteiger partial charge is 0.462 e. The molecule has 0 aliphatic carbocycles. The van der Waals surface area contributed by atoms with E-state index in [4.69, 9.17) is 18.9 Å². The zero-order valence-electron chi connectivity index (χ0n) is 36.1. The van der Waals surface area contributed by atoms with E-state index in [0.717, 1.165) is 122 Å². The van der Waals surface area contributed by atoms with E-state index >= 15 is 0 Å². The van der Waals surface area contributed by atoms with Gasteiger partial charge in [-0.25, -0.2) is 4.79 Å². The third kappa shape index (κ3) is 37.9. The standard InChI is InChI=1S/C46H85NO7/c1-7-9-11-25-33-43(52-41(3)48)35-27-21-17-13-15-19-23-29-37-45(54-46(50)51-40-32-31-39-47(5)6)38-30-24-20-16-14-18-22-28-36-44(53-42(4)49)34-26-12-10-8-2/h21-22,27-28,43-45H,7-20,23-26,29-40H2,1-6H3/b27-21-,28-22-/t43-,44-/m1/s1. The molecule has 8 nitrogen and oxygen atoms in total. The molecule has 2 atom stereocenters. The molecule has 0 aromatic carbocycles. The minimum absolute atomic E-state index is 0.00325. The summed E-state index contributed by atoms with van der Waals surface area (Å²) >= 11 is 0. The fraction of sp³-hybridized carbons (Fsp3) is 0.848. The van der Waals surface area contributed by atoms with Crippen molar-refractivity contribution in [3.63, 3.8) is 0 Å². The lowest BCUT2D eigenvalue weighted by Gasteiger charge is -2.18. The molecule has 0 aromatic rings. The summed E-state index contributed by atoms with van der Waals surface area (Å²) in [5.74, 6) is -0.368. The van der Waals surface area contributed by atoms with Gasteiger partial charge in [0.1, 0.15) is 18.3 Å². The number of unbranched alkanes of at least 4 members (excludes halogenated alkanes) is 17. The Labute approximate surface area is 332 Å². The van der Waals surface area contributed by atoms with Crippen molar-refractivity contribution in [1.82, 2.24) is 4.90 Å². The maximum atomic E-state index is 12.5. The van der Waals surface area contributed by atoms with E-state index in [1.54, 1.807) is 0 Å². The van der Waals surface area contributed by atoms with Crippen LogP contribution in [0.1, 0.15) is 207 Å². The molecule has 0 spiro atoms. The van der Waals surface area contributed by atoms with Crippen molar-refractivity contribution in [2.45, 2.75) is 226 Å². The van der Waals surface area contributed by atoms with Crippen LogP contribution in [-0.2, 0) is 28.5 Å². The molecular formula is C46H85NO7. The number of allylic oxidation sites excluding steroid dienone is 2. The molecule has 0 fully saturated rings. The molecule has 0 saturated carbocycles. The van der Waals surface area contributed by atoms with Gasteiger partial charge in [0.2, 0.25) is 0 Å². The lowest BCUT2D eigenvalue weighted by Crippen LogP contribution is -2.20. The Bertz CT molecular complexity index is 876. The van der Waals surface area contributed by atoms with Gasteiger partial charge in [0.15, 0.2) is 0 Å². The third-order valence-electron chi connectivity index (χ3n) is 9.83. The Balaban J connectivity index is 4.43. The van der Waals surface area contributed by atoms with E-state index < -0.39 is 6.16 Å². The van der Waals surface area contributed by atoms with Crippen molar-refractivity contribution in [2.75, 3.05) is 27.2 Å². The topological polar surface area (TPSA) is 91.4 Å². The molecule has 8 heteroatoms. The summed E-state index contributed by atoms with van der Waals surface area (Å²) in [6.07, 6.45) is 38.5. The van der Waals surface area contributed by atoms with Gasteiger partial charge in [-0.3, -0.25) is 9.59 Å². The highest BCUT2D eigenvalue weighted by Gasteiger charge is 2.16. The fourth-order valence-electron chi connectivity index (χ4n) is 6.70. The monoisotopic (exact) mass is 764 g/mol. The molecule has 0 saturated heterocycles. The molecule has 0 heterocycles. The Morgan fingerprint density at radius 1 is 0.481 bits per heavy atom. The zero-order valence-corrected chi connectivity index (χ0v) is 36.1. The average molecular weight is 764 g/mol. The lowest BCUT2D eigenvalue weighted by molar-refractivity contribution is -0.147. The van der Waals surface area contributed by atoms with Crippen molar-refractivity contribution in [3.8, 4) is 0 Å². The summed E-state index contributed by atoms with van der Waals surface area (Å²) in [6.45, 7) is 8.82. The first-order chi connectivity index (χ1) is 26.2. The van der Waals surface area contributed by atoms with Gasteiger partial charge in [-0.2, -0.15) is 0 Å². The number of hydrogen-bond donors (Lipinski definition) is 0. The predicted octanol–water partition coefficient (Wildman–Crippen LogP) is 13.0. The lowest BCUT2D eigenvalue weighted by atomic mass is 10.0. The first kappa shape index (κ1) is 51.6. The molecular weight excluding hydrogens is 679 g/mol. The predicted molar refractivity (Wildman–Crippen MR) is 225 cm³/mol. The van der Waals surface area contributed by atoms with Crippen molar-refractivity contribution >= 4 is 18.1 Å². The molecule has 0 bridgehead atoms. The van der Waals surface area contributed by atoms with E-state index in [0.29, 0.717) is 6.61 Å². The van der Waals surface area contributed by atoms with Crippen LogP contribution in [0.5, 0.6) is 0 Å². The number of nitrogens with zero attached hydrogens (tertiary/aromatic N) is 1. The Morgan fingerprint density at radius 3 is 1.31 bits per heavy atom. The summed E-state index contributed by atoms with van der Waals surface area (Å²) in [4.78, 5) is 37.6. The average Bonchev–Trinajstić information content (AvgIpc) is 3.12. The van der Waals surface area contributed by atoms with Gasteiger partial charge in [0, 0.05) is 26.7 Å². The number of ether oxygens (including phenoxy) is 4. The minimum Gasteiger partial charge on any atom is -0.462 e. The summed E-state index contributed by atoms with van der Waals surface area (Å²) in [7, 11) is 4.10. The Kier molecular flexibility index (Phi) is 37.2. The molecule has 0 rings (SSSR count). The summed E-state index contributed by atoms with van der Waals surface area (Å²) < 4.78 is 22.3. The van der Waals surface area contributed by atoms with E-state index in [2.05, 4.69) is 57.1 Å². The van der Waals surface area contributed by atoms with Gasteiger partial charge in [0.25, 0.3) is 0 Å². The maximum absolute atomic E-state index is 12.5. The SMILES string of the molecule is CCCCCC[C@H](C/C=C\CCCCCCCC(CCCCCCC/C=C\C[C@@H](CCCCCC)OC(C)=O)OC(=O)OCCCCN(C)C)OC(C)=O. The maximum Gasteiger partial charge on any atom is 0.508 e. The molecule has 54 heavy (non-hydrogen) atoms. The Hall–Kier alpha value is -2.35. The summed E-state index contributed by atoms with van der Waals surface area (Å²) in [5, 5.41) is 0. The van der Waals surface area contributed by atoms with E-state index in [1.807, 2.05) is 0 Å². The van der Waals surface area contributed by atoms with Crippen LogP contribution in [0.4, 0.5) is 4.79 Å². The van der Waals surface area contributed by atoms with Crippen LogP contribution in [0.2, 0.25) is 0 Å². The van der Waals surface area contributed by atoms with Gasteiger partial charge in [-0.15, -0.1) is 0 Å². The molecule has 0 N–H and O–H groups in total. The number of esters is 2. The molecule has 0 aromatic heterocycles. The molecule has 0 radical (unpaired) electrons. The Morgan fingerprint density at radius 2 is 0.889 bits per heavy atom. The highest BCUT2D eigenvalue weighted by Crippen LogP contribution is 2.19. The summed E-state index contributed by atoms with van der Waals surface area (Å²) in [6, 6.07) is 0. The third-order valence-corrected chi connectivity index (χ3v) is 9.83. The minimum atomic E-state index is -0.516. The van der Waals surface area contributed by atoms with Crippen LogP contribution in [0, 0.1) is 0 Å². The highest BCUT2D eigenvalue weighted by molar-refractivity contribution is 5.66. The molecule has 0 amide bonds. The van der Waals surface area contributed by atoms with Gasteiger partial charge < -0.3 is 23.8 Å². The second-order valence-corrected chi connectivity index (χ2v) is 15.6. The van der Waals surface area contributed by atoms with Crippen LogP contribution < -0.4 is 0 Å². The number of carbonyl (C=O) groups excluding carboxylic acids is 3. The molecule has 0 aliphatic rings. The second kappa shape index (κ2) is 38.9. The fourth-order valence-corrected chi connectivity index (χ4v) is 6.70. The van der Waals surface area contributed by atoms with Crippen LogP contribution in [-0.4, -0.2) is 68.6 Å². The largest absolute Gasteiger partial charge is 0.508 e. The summed E-state index contributed by atoms with van der Waals surface area (Å²) in [5.41, 5.74) is 0. The van der Waals surface area contributed by atoms with Crippen molar-refractivity contribution in [3.05, 3.63) is 24.3 Å². The quantitative estimate of drug-likeness (QED) is 0.0266. The first-order valence-corrected chi connectivity index (χ1v) is 22.3. The van der Waals surface area contributed by atoms with Gasteiger partial charge in [0.05, 0.1) is 6.61 Å². The van der Waals surface area contributed by atoms with Crippen LogP contribution in [0.15, 0.2) is 24.3 Å². The second-order valence-electron chi connectivity index (χ2n) is 15.6. The molecule has 316 valence electrons. The van der Waals surface area contributed by atoms with E-state index in [9.17, 15) is 14.4 Å². The normalized spacial score (nSPS) is 12.9. The van der Waals surface area contributed by atoms with Gasteiger partial charge >= 0.3 is 18.1 Å². The van der Waals surface area contributed by atoms with Crippen molar-refractivity contribution < 1.29 is 33.3 Å². The molecule has 0 unspecified atom stereocenters. The highest BCUT2D eigenvalue weighted by atomic mass is 16.7. The number of rotatable bonds is 38. The van der Waals surface area contributed by atoms with Gasteiger partial charge in [-0.05, 0) is 111 Å². The number of carbonyl (C=O) groups is 3. The number of hydrogen-bond acceptors (Lipinski definition) is 8. The van der Waals surface area contributed by atoms with Crippen LogP contribution in [0.25, 0.3) is 0 Å². The van der Waals surface area contributed by atoms with Gasteiger partial charge in [-0.1, -0.05) is 115 Å². The van der Waals surface area contributed by atoms with E-state index in [-0.39, 0.29) is 30.3 Å². The van der Waals surface area contributed by atoms with E-state index in [1.165, 1.54) is 78.1 Å². The van der Waals surface area contributed by atoms with Crippen molar-refractivity contribution in [1.29, 1.82) is 0 Å².